The highest BCUT2D eigenvalue weighted by molar-refractivity contribution is 5.04. The minimum atomic E-state index is 0.465. The van der Waals surface area contributed by atoms with Gasteiger partial charge in [0.2, 0.25) is 0 Å². The van der Waals surface area contributed by atoms with Crippen LogP contribution in [0.1, 0.15) is 25.6 Å². The maximum atomic E-state index is 4.33. The molecule has 1 aromatic heterocycles. The maximum absolute atomic E-state index is 4.33. The predicted octanol–water partition coefficient (Wildman–Crippen LogP) is 1.78. The lowest BCUT2D eigenvalue weighted by Crippen LogP contribution is -2.15. The lowest BCUT2D eigenvalue weighted by molar-refractivity contribution is 0.650. The van der Waals surface area contributed by atoms with Gasteiger partial charge >= 0.3 is 0 Å². The van der Waals surface area contributed by atoms with Crippen LogP contribution in [0.3, 0.4) is 0 Å². The molecule has 0 spiro atoms. The number of imidazole rings is 1. The van der Waals surface area contributed by atoms with Crippen LogP contribution < -0.4 is 5.32 Å². The monoisotopic (exact) mass is 193 g/mol. The van der Waals surface area contributed by atoms with Gasteiger partial charge in [-0.2, -0.15) is 0 Å². The fourth-order valence-corrected chi connectivity index (χ4v) is 1.50. The van der Waals surface area contributed by atoms with E-state index in [-0.39, 0.29) is 0 Å². The van der Waals surface area contributed by atoms with Crippen LogP contribution in [0.5, 0.6) is 0 Å². The van der Waals surface area contributed by atoms with E-state index in [1.54, 1.807) is 0 Å². The quantitative estimate of drug-likeness (QED) is 0.722. The van der Waals surface area contributed by atoms with Crippen molar-refractivity contribution in [3.63, 3.8) is 0 Å². The van der Waals surface area contributed by atoms with Crippen molar-refractivity contribution < 1.29 is 0 Å². The number of likely N-dealkylation sites (N-methyl/N-ethyl adjacent to an activating group) is 1. The minimum Gasteiger partial charge on any atom is -0.331 e. The second-order valence-electron chi connectivity index (χ2n) is 3.85. The van der Waals surface area contributed by atoms with Gasteiger partial charge in [-0.3, -0.25) is 0 Å². The average Bonchev–Trinajstić information content (AvgIpc) is 2.52. The zero-order valence-electron chi connectivity index (χ0n) is 9.25. The molecular formula is C11H19N3. The third-order valence-corrected chi connectivity index (χ3v) is 2.08. The number of aromatic nitrogens is 2. The van der Waals surface area contributed by atoms with Crippen molar-refractivity contribution in [1.82, 2.24) is 14.9 Å². The summed E-state index contributed by atoms with van der Waals surface area (Å²) in [6, 6.07) is 0. The van der Waals surface area contributed by atoms with E-state index in [0.717, 1.165) is 18.9 Å². The van der Waals surface area contributed by atoms with E-state index in [4.69, 9.17) is 0 Å². The zero-order valence-corrected chi connectivity index (χ0v) is 9.25. The van der Waals surface area contributed by atoms with Crippen LogP contribution in [0.15, 0.2) is 24.5 Å². The Kier molecular flexibility index (Phi) is 3.89. The van der Waals surface area contributed by atoms with Crippen molar-refractivity contribution in [2.24, 2.45) is 0 Å². The summed E-state index contributed by atoms with van der Waals surface area (Å²) in [4.78, 5) is 4.33. The molecule has 0 aliphatic heterocycles. The van der Waals surface area contributed by atoms with Gasteiger partial charge in [-0.05, 0) is 12.6 Å². The van der Waals surface area contributed by atoms with E-state index in [1.165, 1.54) is 5.57 Å². The molecule has 0 unspecified atom stereocenters. The van der Waals surface area contributed by atoms with Crippen molar-refractivity contribution in [3.05, 3.63) is 30.4 Å². The average molecular weight is 193 g/mol. The minimum absolute atomic E-state index is 0.465. The topological polar surface area (TPSA) is 29.9 Å². The molecule has 0 fully saturated rings. The number of nitrogens with one attached hydrogen (secondary N) is 1. The Morgan fingerprint density at radius 2 is 2.36 bits per heavy atom. The van der Waals surface area contributed by atoms with E-state index < -0.39 is 0 Å². The lowest BCUT2D eigenvalue weighted by atomic mass is 10.2. The first-order chi connectivity index (χ1) is 6.65. The van der Waals surface area contributed by atoms with Crippen molar-refractivity contribution >= 4 is 0 Å². The molecule has 0 atom stereocenters. The molecule has 1 heterocycles. The molecule has 0 saturated carbocycles. The van der Waals surface area contributed by atoms with E-state index in [2.05, 4.69) is 35.3 Å². The van der Waals surface area contributed by atoms with Crippen LogP contribution in [-0.4, -0.2) is 23.1 Å². The van der Waals surface area contributed by atoms with E-state index in [1.807, 2.05) is 19.4 Å². The zero-order chi connectivity index (χ0) is 10.6. The van der Waals surface area contributed by atoms with Crippen LogP contribution in [0.4, 0.5) is 0 Å². The number of nitrogens with zero attached hydrogens (tertiary/aromatic N) is 2. The van der Waals surface area contributed by atoms with Crippen LogP contribution in [0.2, 0.25) is 0 Å². The molecule has 0 saturated heterocycles. The van der Waals surface area contributed by atoms with Gasteiger partial charge in [-0.15, -0.1) is 0 Å². The molecule has 3 heteroatoms. The molecule has 1 N–H and O–H groups in total. The normalized spacial score (nSPS) is 10.9. The maximum Gasteiger partial charge on any atom is 0.111 e. The third kappa shape index (κ3) is 2.70. The SMILES string of the molecule is C=C(CNC)Cn1ccnc1C(C)C. The molecule has 14 heavy (non-hydrogen) atoms. The summed E-state index contributed by atoms with van der Waals surface area (Å²) >= 11 is 0. The van der Waals surface area contributed by atoms with Gasteiger partial charge in [0.05, 0.1) is 0 Å². The molecule has 0 aromatic carbocycles. The van der Waals surface area contributed by atoms with E-state index >= 15 is 0 Å². The highest BCUT2D eigenvalue weighted by atomic mass is 15.1. The Labute approximate surface area is 85.8 Å². The summed E-state index contributed by atoms with van der Waals surface area (Å²) in [5, 5.41) is 3.10. The first-order valence-corrected chi connectivity index (χ1v) is 4.97. The predicted molar refractivity (Wildman–Crippen MR) is 59.4 cm³/mol. The Balaban J connectivity index is 2.66. The Bertz CT molecular complexity index is 299. The van der Waals surface area contributed by atoms with Gasteiger partial charge < -0.3 is 9.88 Å². The van der Waals surface area contributed by atoms with Crippen molar-refractivity contribution in [2.45, 2.75) is 26.3 Å². The van der Waals surface area contributed by atoms with Gasteiger partial charge in [0.25, 0.3) is 0 Å². The molecule has 0 bridgehead atoms. The third-order valence-electron chi connectivity index (χ3n) is 2.08. The van der Waals surface area contributed by atoms with E-state index in [0.29, 0.717) is 5.92 Å². The summed E-state index contributed by atoms with van der Waals surface area (Å²) in [6.07, 6.45) is 3.86. The summed E-state index contributed by atoms with van der Waals surface area (Å²) in [5.74, 6) is 1.59. The van der Waals surface area contributed by atoms with Gasteiger partial charge in [0.15, 0.2) is 0 Å². The van der Waals surface area contributed by atoms with Gasteiger partial charge in [-0.25, -0.2) is 4.98 Å². The van der Waals surface area contributed by atoms with E-state index in [9.17, 15) is 0 Å². The second kappa shape index (κ2) is 4.96. The molecule has 1 aromatic rings. The number of rotatable bonds is 5. The highest BCUT2D eigenvalue weighted by Crippen LogP contribution is 2.12. The second-order valence-corrected chi connectivity index (χ2v) is 3.85. The molecular weight excluding hydrogens is 174 g/mol. The van der Waals surface area contributed by atoms with Crippen LogP contribution in [0, 0.1) is 0 Å². The van der Waals surface area contributed by atoms with Crippen LogP contribution in [-0.2, 0) is 6.54 Å². The first kappa shape index (κ1) is 11.0. The van der Waals surface area contributed by atoms with Gasteiger partial charge in [-0.1, -0.05) is 20.4 Å². The summed E-state index contributed by atoms with van der Waals surface area (Å²) in [6.45, 7) is 10.0. The molecule has 3 nitrogen and oxygen atoms in total. The molecule has 78 valence electrons. The van der Waals surface area contributed by atoms with Gasteiger partial charge in [0.1, 0.15) is 5.82 Å². The summed E-state index contributed by atoms with van der Waals surface area (Å²) in [5.41, 5.74) is 1.17. The largest absolute Gasteiger partial charge is 0.331 e. The van der Waals surface area contributed by atoms with Crippen molar-refractivity contribution in [3.8, 4) is 0 Å². The molecule has 0 radical (unpaired) electrons. The first-order valence-electron chi connectivity index (χ1n) is 4.97. The summed E-state index contributed by atoms with van der Waals surface area (Å²) in [7, 11) is 1.93. The molecule has 0 amide bonds. The number of hydrogen-bond donors (Lipinski definition) is 1. The van der Waals surface area contributed by atoms with Crippen molar-refractivity contribution in [1.29, 1.82) is 0 Å². The Morgan fingerprint density at radius 1 is 1.64 bits per heavy atom. The smallest absolute Gasteiger partial charge is 0.111 e. The standard InChI is InChI=1S/C11H19N3/c1-9(2)11-13-5-6-14(11)8-10(3)7-12-4/h5-6,9,12H,3,7-8H2,1-2,4H3. The van der Waals surface area contributed by atoms with Gasteiger partial charge in [0, 0.05) is 31.4 Å². The molecule has 0 aliphatic rings. The molecule has 0 aliphatic carbocycles. The van der Waals surface area contributed by atoms with Crippen molar-refractivity contribution in [2.75, 3.05) is 13.6 Å². The molecule has 1 rings (SSSR count). The highest BCUT2D eigenvalue weighted by Gasteiger charge is 2.07. The fraction of sp³-hybridized carbons (Fsp3) is 0.545. The number of hydrogen-bond acceptors (Lipinski definition) is 2. The fourth-order valence-electron chi connectivity index (χ4n) is 1.50. The van der Waals surface area contributed by atoms with Crippen LogP contribution in [0.25, 0.3) is 0 Å². The van der Waals surface area contributed by atoms with Crippen LogP contribution >= 0.6 is 0 Å². The Hall–Kier alpha value is -1.09. The summed E-state index contributed by atoms with van der Waals surface area (Å²) < 4.78 is 2.16. The lowest BCUT2D eigenvalue weighted by Gasteiger charge is -2.11. The Morgan fingerprint density at radius 3 is 2.93 bits per heavy atom.